The molecule has 0 aromatic heterocycles. The van der Waals surface area contributed by atoms with Crippen molar-refractivity contribution in [1.82, 2.24) is 4.90 Å². The summed E-state index contributed by atoms with van der Waals surface area (Å²) in [4.78, 5) is 18.2. The third-order valence-corrected chi connectivity index (χ3v) is 7.80. The predicted octanol–water partition coefficient (Wildman–Crippen LogP) is 5.70. The molecule has 0 atom stereocenters. The van der Waals surface area contributed by atoms with Gasteiger partial charge >= 0.3 is 0 Å². The molecule has 30 heavy (non-hydrogen) atoms. The highest BCUT2D eigenvalue weighted by atomic mass is 35.5. The van der Waals surface area contributed by atoms with Crippen LogP contribution in [0.1, 0.15) is 49.7 Å². The molecule has 2 fully saturated rings. The van der Waals surface area contributed by atoms with Gasteiger partial charge in [-0.1, -0.05) is 54.8 Å². The summed E-state index contributed by atoms with van der Waals surface area (Å²) in [6.45, 7) is 4.06. The Hall–Kier alpha value is -1.84. The Kier molecular flexibility index (Phi) is 5.59. The summed E-state index contributed by atoms with van der Waals surface area (Å²) in [6.07, 6.45) is 7.96. The summed E-state index contributed by atoms with van der Waals surface area (Å²) >= 11 is 6.03. The molecular formula is C26H31ClN2O. The van der Waals surface area contributed by atoms with E-state index in [9.17, 15) is 4.79 Å². The van der Waals surface area contributed by atoms with Gasteiger partial charge in [0.1, 0.15) is 0 Å². The van der Waals surface area contributed by atoms with Crippen molar-refractivity contribution in [2.45, 2.75) is 51.5 Å². The van der Waals surface area contributed by atoms with Crippen LogP contribution in [0.25, 0.3) is 0 Å². The van der Waals surface area contributed by atoms with Crippen molar-refractivity contribution in [1.29, 1.82) is 0 Å². The van der Waals surface area contributed by atoms with Gasteiger partial charge in [0.2, 0.25) is 5.91 Å². The summed E-state index contributed by atoms with van der Waals surface area (Å²) in [5, 5.41) is 0.796. The van der Waals surface area contributed by atoms with E-state index in [0.29, 0.717) is 5.91 Å². The van der Waals surface area contributed by atoms with Crippen molar-refractivity contribution in [3.63, 3.8) is 0 Å². The van der Waals surface area contributed by atoms with Gasteiger partial charge in [-0.3, -0.25) is 9.69 Å². The van der Waals surface area contributed by atoms with Gasteiger partial charge in [0, 0.05) is 29.7 Å². The summed E-state index contributed by atoms with van der Waals surface area (Å²) in [7, 11) is 0. The van der Waals surface area contributed by atoms with Crippen molar-refractivity contribution >= 4 is 23.2 Å². The fourth-order valence-electron chi connectivity index (χ4n) is 5.76. The van der Waals surface area contributed by atoms with E-state index in [4.69, 9.17) is 11.6 Å². The molecule has 1 saturated carbocycles. The van der Waals surface area contributed by atoms with Crippen LogP contribution < -0.4 is 4.90 Å². The first kappa shape index (κ1) is 20.1. The van der Waals surface area contributed by atoms with Crippen LogP contribution >= 0.6 is 11.6 Å². The van der Waals surface area contributed by atoms with Crippen molar-refractivity contribution in [2.24, 2.45) is 11.3 Å². The van der Waals surface area contributed by atoms with Gasteiger partial charge in [-0.15, -0.1) is 0 Å². The molecule has 1 amide bonds. The van der Waals surface area contributed by atoms with Crippen molar-refractivity contribution in [2.75, 3.05) is 24.5 Å². The van der Waals surface area contributed by atoms with E-state index in [2.05, 4.69) is 46.2 Å². The van der Waals surface area contributed by atoms with Crippen LogP contribution in [0.4, 0.5) is 5.69 Å². The minimum absolute atomic E-state index is 0.221. The first-order chi connectivity index (χ1) is 14.6. The zero-order chi connectivity index (χ0) is 20.6. The van der Waals surface area contributed by atoms with Gasteiger partial charge in [0.15, 0.2) is 0 Å². The highest BCUT2D eigenvalue weighted by molar-refractivity contribution is 6.30. The number of amides is 1. The summed E-state index contributed by atoms with van der Waals surface area (Å²) in [6, 6.07) is 16.8. The Bertz CT molecular complexity index is 896. The van der Waals surface area contributed by atoms with Crippen molar-refractivity contribution in [3.05, 3.63) is 64.7 Å². The molecule has 158 valence electrons. The Labute approximate surface area is 185 Å². The molecule has 2 heterocycles. The Morgan fingerprint density at radius 3 is 2.43 bits per heavy atom. The lowest BCUT2D eigenvalue weighted by molar-refractivity contribution is -0.122. The maximum Gasteiger partial charge on any atom is 0.230 e. The number of hydrogen-bond acceptors (Lipinski definition) is 2. The van der Waals surface area contributed by atoms with Crippen LogP contribution in [-0.2, 0) is 17.8 Å². The maximum absolute atomic E-state index is 13.4. The average molecular weight is 423 g/mol. The number of fused-ring (bicyclic) bond motifs is 1. The monoisotopic (exact) mass is 422 g/mol. The normalized spacial score (nSPS) is 21.7. The first-order valence-corrected chi connectivity index (χ1v) is 11.9. The number of piperidine rings is 1. The van der Waals surface area contributed by atoms with Crippen LogP contribution in [0, 0.1) is 11.3 Å². The number of carbonyl (C=O) groups is 1. The molecular weight excluding hydrogens is 392 g/mol. The van der Waals surface area contributed by atoms with Gasteiger partial charge in [0.05, 0.1) is 0 Å². The van der Waals surface area contributed by atoms with Crippen LogP contribution in [0.5, 0.6) is 0 Å². The number of anilines is 1. The molecule has 0 unspecified atom stereocenters. The zero-order valence-corrected chi connectivity index (χ0v) is 18.4. The summed E-state index contributed by atoms with van der Waals surface area (Å²) < 4.78 is 0. The van der Waals surface area contributed by atoms with Gasteiger partial charge in [-0.25, -0.2) is 0 Å². The van der Waals surface area contributed by atoms with E-state index >= 15 is 0 Å². The molecule has 1 spiro atoms. The topological polar surface area (TPSA) is 23.6 Å². The van der Waals surface area contributed by atoms with E-state index in [0.717, 1.165) is 63.3 Å². The average Bonchev–Trinajstić information content (AvgIpc) is 3.31. The molecule has 3 nitrogen and oxygen atoms in total. The fraction of sp³-hybridized carbons (Fsp3) is 0.500. The van der Waals surface area contributed by atoms with E-state index in [1.54, 1.807) is 0 Å². The molecule has 2 aliphatic heterocycles. The Balaban J connectivity index is 1.31. The van der Waals surface area contributed by atoms with E-state index in [1.165, 1.54) is 29.7 Å². The molecule has 1 saturated heterocycles. The number of halogens is 1. The number of rotatable bonds is 3. The standard InChI is InChI=1S/C26H31ClN2O/c27-23-11-9-20(10-12-23)18-28-15-13-26(14-16-28)17-22-7-3-4-8-24(22)29(19-26)25(30)21-5-1-2-6-21/h3-4,7-12,21H,1-2,5-6,13-19H2. The molecule has 2 aromatic rings. The smallest absolute Gasteiger partial charge is 0.230 e. The fourth-order valence-corrected chi connectivity index (χ4v) is 5.89. The molecule has 5 rings (SSSR count). The molecule has 1 aliphatic carbocycles. The van der Waals surface area contributed by atoms with Gasteiger partial charge in [0.25, 0.3) is 0 Å². The van der Waals surface area contributed by atoms with Gasteiger partial charge < -0.3 is 4.90 Å². The van der Waals surface area contributed by atoms with Crippen LogP contribution in [0.3, 0.4) is 0 Å². The second-order valence-corrected chi connectivity index (χ2v) is 10.1. The second-order valence-electron chi connectivity index (χ2n) is 9.61. The number of benzene rings is 2. The third-order valence-electron chi connectivity index (χ3n) is 7.55. The van der Waals surface area contributed by atoms with Crippen molar-refractivity contribution in [3.8, 4) is 0 Å². The lowest BCUT2D eigenvalue weighted by Crippen LogP contribution is -2.52. The van der Waals surface area contributed by atoms with E-state index < -0.39 is 0 Å². The predicted molar refractivity (Wildman–Crippen MR) is 123 cm³/mol. The molecule has 3 aliphatic rings. The molecule has 0 bridgehead atoms. The van der Waals surface area contributed by atoms with Crippen LogP contribution in [0.2, 0.25) is 5.02 Å². The Morgan fingerprint density at radius 2 is 1.70 bits per heavy atom. The number of hydrogen-bond donors (Lipinski definition) is 0. The van der Waals surface area contributed by atoms with E-state index in [-0.39, 0.29) is 11.3 Å². The first-order valence-electron chi connectivity index (χ1n) is 11.5. The molecule has 0 radical (unpaired) electrons. The lowest BCUT2D eigenvalue weighted by Gasteiger charge is -2.48. The largest absolute Gasteiger partial charge is 0.311 e. The van der Waals surface area contributed by atoms with Crippen molar-refractivity contribution < 1.29 is 4.79 Å². The van der Waals surface area contributed by atoms with Gasteiger partial charge in [-0.2, -0.15) is 0 Å². The molecule has 4 heteroatoms. The summed E-state index contributed by atoms with van der Waals surface area (Å²) in [5.74, 6) is 0.612. The Morgan fingerprint density at radius 1 is 1.00 bits per heavy atom. The highest BCUT2D eigenvalue weighted by Gasteiger charge is 2.43. The number of para-hydroxylation sites is 1. The van der Waals surface area contributed by atoms with Crippen LogP contribution in [0.15, 0.2) is 48.5 Å². The van der Waals surface area contributed by atoms with E-state index in [1.807, 2.05) is 12.1 Å². The number of likely N-dealkylation sites (tertiary alicyclic amines) is 1. The maximum atomic E-state index is 13.4. The van der Waals surface area contributed by atoms with Crippen LogP contribution in [-0.4, -0.2) is 30.4 Å². The second kappa shape index (κ2) is 8.36. The summed E-state index contributed by atoms with van der Waals surface area (Å²) in [5.41, 5.74) is 4.08. The molecule has 2 aromatic carbocycles. The number of nitrogens with zero attached hydrogens (tertiary/aromatic N) is 2. The minimum Gasteiger partial charge on any atom is -0.311 e. The highest BCUT2D eigenvalue weighted by Crippen LogP contribution is 2.44. The molecule has 0 N–H and O–H groups in total. The zero-order valence-electron chi connectivity index (χ0n) is 17.7. The lowest BCUT2D eigenvalue weighted by atomic mass is 9.70. The minimum atomic E-state index is 0.221. The van der Waals surface area contributed by atoms with Gasteiger partial charge in [-0.05, 0) is 79.9 Å². The quantitative estimate of drug-likeness (QED) is 0.633. The SMILES string of the molecule is O=C(C1CCCC1)N1CC2(CCN(Cc3ccc(Cl)cc3)CC2)Cc2ccccc21. The third kappa shape index (κ3) is 4.02. The number of carbonyl (C=O) groups excluding carboxylic acids is 1.